The smallest absolute Gasteiger partial charge is 0.164 e. The number of benzene rings is 1. The van der Waals surface area contributed by atoms with Gasteiger partial charge in [-0.3, -0.25) is 0 Å². The van der Waals surface area contributed by atoms with E-state index in [-0.39, 0.29) is 12.2 Å². The van der Waals surface area contributed by atoms with Crippen molar-refractivity contribution in [2.24, 2.45) is 0 Å². The predicted octanol–water partition coefficient (Wildman–Crippen LogP) is 5.21. The van der Waals surface area contributed by atoms with E-state index in [1.165, 1.54) is 11.1 Å². The molecule has 1 aromatic rings. The van der Waals surface area contributed by atoms with Crippen LogP contribution in [0, 0.1) is 0 Å². The molecule has 1 saturated heterocycles. The Hall–Kier alpha value is -1.38. The molecule has 1 aliphatic carbocycles. The van der Waals surface area contributed by atoms with E-state index in [2.05, 4.69) is 24.3 Å². The van der Waals surface area contributed by atoms with Crippen LogP contribution in [0.2, 0.25) is 0 Å². The first-order valence-electron chi connectivity index (χ1n) is 7.95. The summed E-state index contributed by atoms with van der Waals surface area (Å²) in [6, 6.07) is 10.3. The minimum absolute atomic E-state index is 0.0115. The fraction of sp³-hybridized carbons (Fsp3) is 0.474. The molecule has 2 nitrogen and oxygen atoms in total. The van der Waals surface area contributed by atoms with Crippen molar-refractivity contribution in [2.45, 2.75) is 59.5 Å². The van der Waals surface area contributed by atoms with Crippen molar-refractivity contribution in [3.05, 3.63) is 54.1 Å². The van der Waals surface area contributed by atoms with E-state index in [0.29, 0.717) is 0 Å². The number of hydrogen-bond donors (Lipinski definition) is 0. The zero-order valence-electron chi connectivity index (χ0n) is 14.1. The second-order valence-corrected chi connectivity index (χ2v) is 4.89. The van der Waals surface area contributed by atoms with Gasteiger partial charge in [-0.1, -0.05) is 76.3 Å². The number of fused-ring (bicyclic) bond motifs is 1. The van der Waals surface area contributed by atoms with Gasteiger partial charge in [0.25, 0.3) is 0 Å². The zero-order valence-corrected chi connectivity index (χ0v) is 14.1. The van der Waals surface area contributed by atoms with Crippen LogP contribution in [0.15, 0.2) is 48.6 Å². The standard InChI is InChI=1S/C15H16O2.2C2H6/c1-15(2)16-13-10-6-9-12(14(13)17-15)11-7-4-3-5-8-11;2*1-2/h3-10,13-14H,1-2H3;2*1-2H3. The first kappa shape index (κ1) is 17.7. The number of ether oxygens (including phenoxy) is 2. The molecule has 0 amide bonds. The van der Waals surface area contributed by atoms with Crippen LogP contribution in [0.25, 0.3) is 5.57 Å². The summed E-state index contributed by atoms with van der Waals surface area (Å²) < 4.78 is 11.8. The Labute approximate surface area is 129 Å². The molecule has 2 heteroatoms. The van der Waals surface area contributed by atoms with Gasteiger partial charge >= 0.3 is 0 Å². The number of hydrogen-bond acceptors (Lipinski definition) is 2. The number of rotatable bonds is 1. The van der Waals surface area contributed by atoms with E-state index in [0.717, 1.165) is 0 Å². The Morgan fingerprint density at radius 1 is 0.905 bits per heavy atom. The molecule has 0 N–H and O–H groups in total. The Morgan fingerprint density at radius 3 is 2.14 bits per heavy atom. The lowest BCUT2D eigenvalue weighted by Gasteiger charge is -2.21. The minimum Gasteiger partial charge on any atom is -0.340 e. The second kappa shape index (κ2) is 8.16. The van der Waals surface area contributed by atoms with E-state index < -0.39 is 5.79 Å². The van der Waals surface area contributed by atoms with E-state index in [4.69, 9.17) is 9.47 Å². The van der Waals surface area contributed by atoms with Crippen LogP contribution in [-0.2, 0) is 9.47 Å². The summed E-state index contributed by atoms with van der Waals surface area (Å²) in [5.74, 6) is -0.502. The van der Waals surface area contributed by atoms with E-state index >= 15 is 0 Å². The molecule has 1 heterocycles. The Bertz CT molecular complexity index is 472. The summed E-state index contributed by atoms with van der Waals surface area (Å²) in [5, 5.41) is 0. The van der Waals surface area contributed by atoms with Crippen molar-refractivity contribution in [1.82, 2.24) is 0 Å². The molecule has 2 atom stereocenters. The normalized spacial score (nSPS) is 24.8. The van der Waals surface area contributed by atoms with Gasteiger partial charge in [0.1, 0.15) is 12.2 Å². The molecule has 1 fully saturated rings. The molecule has 0 saturated carbocycles. The van der Waals surface area contributed by atoms with E-state index in [9.17, 15) is 0 Å². The predicted molar refractivity (Wildman–Crippen MR) is 90.1 cm³/mol. The van der Waals surface area contributed by atoms with Crippen LogP contribution < -0.4 is 0 Å². The summed E-state index contributed by atoms with van der Waals surface area (Å²) in [6.07, 6.45) is 6.27. The van der Waals surface area contributed by atoms with Crippen molar-refractivity contribution in [3.63, 3.8) is 0 Å². The Balaban J connectivity index is 0.000000510. The molecule has 0 radical (unpaired) electrons. The minimum atomic E-state index is -0.502. The van der Waals surface area contributed by atoms with Gasteiger partial charge in [0.05, 0.1) is 0 Å². The molecule has 0 aromatic heterocycles. The van der Waals surface area contributed by atoms with Gasteiger partial charge in [0, 0.05) is 0 Å². The van der Waals surface area contributed by atoms with Crippen molar-refractivity contribution in [2.75, 3.05) is 0 Å². The third kappa shape index (κ3) is 4.29. The Morgan fingerprint density at radius 2 is 1.52 bits per heavy atom. The van der Waals surface area contributed by atoms with Crippen LogP contribution in [0.4, 0.5) is 0 Å². The average molecular weight is 288 g/mol. The van der Waals surface area contributed by atoms with Gasteiger partial charge in [-0.25, -0.2) is 0 Å². The maximum Gasteiger partial charge on any atom is 0.164 e. The van der Waals surface area contributed by atoms with Crippen molar-refractivity contribution in [1.29, 1.82) is 0 Å². The molecule has 116 valence electrons. The average Bonchev–Trinajstić information content (AvgIpc) is 2.86. The highest BCUT2D eigenvalue weighted by Gasteiger charge is 2.42. The first-order chi connectivity index (χ1) is 10.2. The molecule has 1 aromatic carbocycles. The summed E-state index contributed by atoms with van der Waals surface area (Å²) in [6.45, 7) is 11.9. The maximum absolute atomic E-state index is 5.98. The third-order valence-corrected chi connectivity index (χ3v) is 3.12. The highest BCUT2D eigenvalue weighted by atomic mass is 16.7. The van der Waals surface area contributed by atoms with Crippen molar-refractivity contribution < 1.29 is 9.47 Å². The monoisotopic (exact) mass is 288 g/mol. The Kier molecular flexibility index (Phi) is 6.86. The van der Waals surface area contributed by atoms with Crippen LogP contribution in [-0.4, -0.2) is 18.0 Å². The molecule has 2 unspecified atom stereocenters. The molecule has 3 rings (SSSR count). The van der Waals surface area contributed by atoms with Gasteiger partial charge in [0.2, 0.25) is 0 Å². The highest BCUT2D eigenvalue weighted by Crippen LogP contribution is 2.38. The lowest BCUT2D eigenvalue weighted by atomic mass is 9.93. The SMILES string of the molecule is CC.CC.CC1(C)OC2C=CC=C(c3ccccc3)C2O1. The second-order valence-electron chi connectivity index (χ2n) is 4.89. The number of allylic oxidation sites excluding steroid dienone is 2. The third-order valence-electron chi connectivity index (χ3n) is 3.12. The molecule has 21 heavy (non-hydrogen) atoms. The van der Waals surface area contributed by atoms with Gasteiger partial charge in [-0.05, 0) is 25.0 Å². The largest absolute Gasteiger partial charge is 0.340 e. The van der Waals surface area contributed by atoms with Crippen LogP contribution in [0.1, 0.15) is 47.1 Å². The molecular weight excluding hydrogens is 260 g/mol. The fourth-order valence-corrected chi connectivity index (χ4v) is 2.43. The molecule has 2 aliphatic rings. The van der Waals surface area contributed by atoms with Gasteiger partial charge < -0.3 is 9.47 Å². The van der Waals surface area contributed by atoms with Gasteiger partial charge in [-0.15, -0.1) is 0 Å². The lowest BCUT2D eigenvalue weighted by molar-refractivity contribution is -0.138. The van der Waals surface area contributed by atoms with Crippen LogP contribution >= 0.6 is 0 Å². The van der Waals surface area contributed by atoms with Crippen molar-refractivity contribution in [3.8, 4) is 0 Å². The van der Waals surface area contributed by atoms with Gasteiger partial charge in [0.15, 0.2) is 5.79 Å². The summed E-state index contributed by atoms with van der Waals surface area (Å²) in [7, 11) is 0. The highest BCUT2D eigenvalue weighted by molar-refractivity contribution is 5.72. The fourth-order valence-electron chi connectivity index (χ4n) is 2.43. The maximum atomic E-state index is 5.98. The first-order valence-corrected chi connectivity index (χ1v) is 7.95. The van der Waals surface area contributed by atoms with E-state index in [1.54, 1.807) is 0 Å². The molecular formula is C19H28O2. The van der Waals surface area contributed by atoms with Crippen LogP contribution in [0.3, 0.4) is 0 Å². The van der Waals surface area contributed by atoms with Crippen LogP contribution in [0.5, 0.6) is 0 Å². The topological polar surface area (TPSA) is 18.5 Å². The molecule has 1 aliphatic heterocycles. The molecule has 0 spiro atoms. The lowest BCUT2D eigenvalue weighted by Crippen LogP contribution is -2.24. The quantitative estimate of drug-likeness (QED) is 0.706. The van der Waals surface area contributed by atoms with Gasteiger partial charge in [-0.2, -0.15) is 0 Å². The summed E-state index contributed by atoms with van der Waals surface area (Å²) >= 11 is 0. The van der Waals surface area contributed by atoms with E-state index in [1.807, 2.05) is 65.8 Å². The zero-order chi connectivity index (χ0) is 15.9. The summed E-state index contributed by atoms with van der Waals surface area (Å²) in [5.41, 5.74) is 2.40. The van der Waals surface area contributed by atoms with Crippen molar-refractivity contribution >= 4 is 5.57 Å². The summed E-state index contributed by atoms with van der Waals surface area (Å²) in [4.78, 5) is 0. The molecule has 0 bridgehead atoms.